The zero-order chi connectivity index (χ0) is 12.8. The van der Waals surface area contributed by atoms with Crippen LogP contribution < -0.4 is 5.32 Å². The Morgan fingerprint density at radius 1 is 1.59 bits per heavy atom. The van der Waals surface area contributed by atoms with E-state index in [1.54, 1.807) is 7.11 Å². The van der Waals surface area contributed by atoms with Crippen LogP contribution >= 0.6 is 0 Å². The standard InChI is InChI=1S/C10H18N2O5/c1-17-6-7-2-3-12(4-7)10(16)11-8(5-13)9(14)15/h7-8,13H,2-6H2,1H3,(H,11,16)(H,14,15)/t7?,8-/m1/s1. The maximum absolute atomic E-state index is 11.7. The summed E-state index contributed by atoms with van der Waals surface area (Å²) in [5, 5.41) is 19.7. The summed E-state index contributed by atoms with van der Waals surface area (Å²) in [6.45, 7) is 1.11. The Hall–Kier alpha value is -1.34. The van der Waals surface area contributed by atoms with Crippen molar-refractivity contribution >= 4 is 12.0 Å². The van der Waals surface area contributed by atoms with E-state index in [1.165, 1.54) is 4.90 Å². The van der Waals surface area contributed by atoms with Crippen LogP contribution in [-0.4, -0.2) is 66.6 Å². The van der Waals surface area contributed by atoms with Crippen LogP contribution in [0.2, 0.25) is 0 Å². The smallest absolute Gasteiger partial charge is 0.328 e. The number of likely N-dealkylation sites (tertiary alicyclic amines) is 1. The molecule has 0 aromatic carbocycles. The highest BCUT2D eigenvalue weighted by Gasteiger charge is 2.28. The predicted molar refractivity (Wildman–Crippen MR) is 58.6 cm³/mol. The van der Waals surface area contributed by atoms with Gasteiger partial charge in [-0.15, -0.1) is 0 Å². The monoisotopic (exact) mass is 246 g/mol. The van der Waals surface area contributed by atoms with Crippen molar-refractivity contribution in [2.75, 3.05) is 33.4 Å². The van der Waals surface area contributed by atoms with Crippen LogP contribution in [0.3, 0.4) is 0 Å². The second-order valence-corrected chi connectivity index (χ2v) is 4.08. The lowest BCUT2D eigenvalue weighted by atomic mass is 10.1. The van der Waals surface area contributed by atoms with Crippen LogP contribution in [0, 0.1) is 5.92 Å². The number of urea groups is 1. The highest BCUT2D eigenvalue weighted by molar-refractivity contribution is 5.82. The molecule has 3 N–H and O–H groups in total. The molecule has 7 nitrogen and oxygen atoms in total. The normalized spacial score (nSPS) is 21.3. The average molecular weight is 246 g/mol. The molecule has 98 valence electrons. The minimum absolute atomic E-state index is 0.295. The van der Waals surface area contributed by atoms with E-state index in [0.717, 1.165) is 6.42 Å². The highest BCUT2D eigenvalue weighted by atomic mass is 16.5. The van der Waals surface area contributed by atoms with E-state index in [4.69, 9.17) is 14.9 Å². The van der Waals surface area contributed by atoms with Gasteiger partial charge in [-0.2, -0.15) is 0 Å². The second kappa shape index (κ2) is 6.41. The lowest BCUT2D eigenvalue weighted by Gasteiger charge is -2.19. The molecular formula is C10H18N2O5. The van der Waals surface area contributed by atoms with Crippen molar-refractivity contribution in [3.05, 3.63) is 0 Å². The molecule has 17 heavy (non-hydrogen) atoms. The summed E-state index contributed by atoms with van der Waals surface area (Å²) in [5.41, 5.74) is 0. The molecule has 0 radical (unpaired) electrons. The summed E-state index contributed by atoms with van der Waals surface area (Å²) in [5.74, 6) is -0.948. The Morgan fingerprint density at radius 2 is 2.29 bits per heavy atom. The van der Waals surface area contributed by atoms with Gasteiger partial charge in [-0.3, -0.25) is 0 Å². The number of hydrogen-bond acceptors (Lipinski definition) is 4. The Morgan fingerprint density at radius 3 is 2.82 bits per heavy atom. The number of amides is 2. The molecule has 1 fully saturated rings. The minimum Gasteiger partial charge on any atom is -0.480 e. The number of methoxy groups -OCH3 is 1. The number of rotatable bonds is 5. The molecule has 2 amide bonds. The number of nitrogens with zero attached hydrogens (tertiary/aromatic N) is 1. The summed E-state index contributed by atoms with van der Waals surface area (Å²) in [7, 11) is 1.61. The number of carboxylic acid groups (broad SMARTS) is 1. The molecule has 0 aromatic heterocycles. The fourth-order valence-electron chi connectivity index (χ4n) is 1.81. The van der Waals surface area contributed by atoms with Crippen LogP contribution in [-0.2, 0) is 9.53 Å². The molecule has 0 aromatic rings. The SMILES string of the molecule is COCC1CCN(C(=O)N[C@H](CO)C(=O)O)C1. The molecule has 0 spiro atoms. The molecule has 7 heteroatoms. The van der Waals surface area contributed by atoms with Crippen molar-refractivity contribution in [1.82, 2.24) is 10.2 Å². The van der Waals surface area contributed by atoms with Crippen LogP contribution in [0.1, 0.15) is 6.42 Å². The van der Waals surface area contributed by atoms with Gasteiger partial charge in [0.1, 0.15) is 0 Å². The molecular weight excluding hydrogens is 228 g/mol. The number of carbonyl (C=O) groups excluding carboxylic acids is 1. The average Bonchev–Trinajstić information content (AvgIpc) is 2.74. The van der Waals surface area contributed by atoms with E-state index in [0.29, 0.717) is 25.6 Å². The summed E-state index contributed by atoms with van der Waals surface area (Å²) < 4.78 is 5.00. The van der Waals surface area contributed by atoms with Gasteiger partial charge in [0.2, 0.25) is 0 Å². The van der Waals surface area contributed by atoms with E-state index < -0.39 is 24.6 Å². The van der Waals surface area contributed by atoms with Gasteiger partial charge < -0.3 is 25.2 Å². The van der Waals surface area contributed by atoms with Crippen molar-refractivity contribution < 1.29 is 24.5 Å². The maximum atomic E-state index is 11.7. The third kappa shape index (κ3) is 3.86. The summed E-state index contributed by atoms with van der Waals surface area (Å²) in [6, 6.07) is -1.70. The quantitative estimate of drug-likeness (QED) is 0.584. The first kappa shape index (κ1) is 13.7. The van der Waals surface area contributed by atoms with Gasteiger partial charge in [-0.1, -0.05) is 0 Å². The highest BCUT2D eigenvalue weighted by Crippen LogP contribution is 2.16. The number of aliphatic hydroxyl groups excluding tert-OH is 1. The van der Waals surface area contributed by atoms with Gasteiger partial charge in [0, 0.05) is 26.1 Å². The fraction of sp³-hybridized carbons (Fsp3) is 0.800. The van der Waals surface area contributed by atoms with Crippen LogP contribution in [0.4, 0.5) is 4.79 Å². The Labute approximate surface area is 99.4 Å². The first-order valence-corrected chi connectivity index (χ1v) is 5.46. The molecule has 1 aliphatic rings. The Kier molecular flexibility index (Phi) is 5.17. The third-order valence-corrected chi connectivity index (χ3v) is 2.75. The van der Waals surface area contributed by atoms with E-state index in [9.17, 15) is 9.59 Å². The zero-order valence-electron chi connectivity index (χ0n) is 9.76. The topological polar surface area (TPSA) is 99.1 Å². The molecule has 1 unspecified atom stereocenters. The number of carboxylic acids is 1. The van der Waals surface area contributed by atoms with Crippen molar-refractivity contribution in [2.24, 2.45) is 5.92 Å². The Balaban J connectivity index is 2.41. The van der Waals surface area contributed by atoms with Crippen molar-refractivity contribution in [3.63, 3.8) is 0 Å². The number of ether oxygens (including phenoxy) is 1. The van der Waals surface area contributed by atoms with E-state index in [1.807, 2.05) is 0 Å². The molecule has 1 heterocycles. The van der Waals surface area contributed by atoms with Crippen molar-refractivity contribution in [1.29, 1.82) is 0 Å². The van der Waals surface area contributed by atoms with Crippen molar-refractivity contribution in [2.45, 2.75) is 12.5 Å². The molecule has 0 bridgehead atoms. The van der Waals surface area contributed by atoms with Crippen LogP contribution in [0.25, 0.3) is 0 Å². The number of aliphatic hydroxyl groups is 1. The number of nitrogens with one attached hydrogen (secondary N) is 1. The summed E-state index contributed by atoms with van der Waals surface area (Å²) in [4.78, 5) is 23.8. The zero-order valence-corrected chi connectivity index (χ0v) is 9.76. The van der Waals surface area contributed by atoms with Crippen LogP contribution in [0.5, 0.6) is 0 Å². The van der Waals surface area contributed by atoms with E-state index in [-0.39, 0.29) is 0 Å². The molecule has 2 atom stereocenters. The first-order valence-electron chi connectivity index (χ1n) is 5.46. The summed E-state index contributed by atoms with van der Waals surface area (Å²) in [6.07, 6.45) is 0.845. The lowest BCUT2D eigenvalue weighted by molar-refractivity contribution is -0.140. The van der Waals surface area contributed by atoms with E-state index >= 15 is 0 Å². The van der Waals surface area contributed by atoms with Gasteiger partial charge >= 0.3 is 12.0 Å². The van der Waals surface area contributed by atoms with Gasteiger partial charge in [-0.05, 0) is 6.42 Å². The van der Waals surface area contributed by atoms with Crippen LogP contribution in [0.15, 0.2) is 0 Å². The number of hydrogen-bond donors (Lipinski definition) is 3. The Bertz CT molecular complexity index is 284. The van der Waals surface area contributed by atoms with Gasteiger partial charge in [0.05, 0.1) is 13.2 Å². The van der Waals surface area contributed by atoms with Crippen molar-refractivity contribution in [3.8, 4) is 0 Å². The van der Waals surface area contributed by atoms with Gasteiger partial charge in [0.25, 0.3) is 0 Å². The third-order valence-electron chi connectivity index (χ3n) is 2.75. The number of aliphatic carboxylic acids is 1. The second-order valence-electron chi connectivity index (χ2n) is 4.08. The maximum Gasteiger partial charge on any atom is 0.328 e. The predicted octanol–water partition coefficient (Wildman–Crippen LogP) is -0.890. The largest absolute Gasteiger partial charge is 0.480 e. The number of carbonyl (C=O) groups is 2. The minimum atomic E-state index is -1.25. The van der Waals surface area contributed by atoms with Gasteiger partial charge in [-0.25, -0.2) is 9.59 Å². The molecule has 1 saturated heterocycles. The molecule has 1 aliphatic heterocycles. The first-order chi connectivity index (χ1) is 8.08. The van der Waals surface area contributed by atoms with E-state index in [2.05, 4.69) is 5.32 Å². The summed E-state index contributed by atoms with van der Waals surface area (Å²) >= 11 is 0. The fourth-order valence-corrected chi connectivity index (χ4v) is 1.81. The molecule has 0 aliphatic carbocycles. The van der Waals surface area contributed by atoms with Gasteiger partial charge in [0.15, 0.2) is 6.04 Å². The molecule has 1 rings (SSSR count). The lowest BCUT2D eigenvalue weighted by Crippen LogP contribution is -2.49. The molecule has 0 saturated carbocycles.